The minimum Gasteiger partial charge on any atom is -0.508 e. The molecule has 0 spiro atoms. The summed E-state index contributed by atoms with van der Waals surface area (Å²) in [7, 11) is 3.22. The largest absolute Gasteiger partial charge is 0.508 e. The molecule has 216 valence electrons. The number of benzene rings is 2. The molecule has 0 fully saturated rings. The van der Waals surface area contributed by atoms with Crippen LogP contribution >= 0.6 is 0 Å². The van der Waals surface area contributed by atoms with Crippen molar-refractivity contribution in [3.63, 3.8) is 0 Å². The van der Waals surface area contributed by atoms with E-state index >= 15 is 0 Å². The summed E-state index contributed by atoms with van der Waals surface area (Å²) in [6, 6.07) is 23.0. The first-order valence-electron chi connectivity index (χ1n) is 13.7. The zero-order valence-corrected chi connectivity index (χ0v) is 23.7. The van der Waals surface area contributed by atoms with E-state index in [1.807, 2.05) is 83.8 Å². The topological polar surface area (TPSA) is 108 Å². The van der Waals surface area contributed by atoms with Gasteiger partial charge in [0.05, 0.1) is 43.5 Å². The van der Waals surface area contributed by atoms with E-state index in [2.05, 4.69) is 4.90 Å². The minimum absolute atomic E-state index is 0.0972. The monoisotopic (exact) mass is 566 g/mol. The molecule has 4 bridgehead atoms. The normalized spacial score (nSPS) is 14.2. The van der Waals surface area contributed by atoms with Gasteiger partial charge in [-0.05, 0) is 59.7 Å². The minimum atomic E-state index is -0.888. The molecule has 9 nitrogen and oxygen atoms in total. The van der Waals surface area contributed by atoms with Gasteiger partial charge in [-0.3, -0.25) is 24.6 Å². The summed E-state index contributed by atoms with van der Waals surface area (Å²) in [4.78, 5) is 25.2. The molecule has 42 heavy (non-hydrogen) atoms. The molecule has 1 aliphatic rings. The number of phenols is 1. The highest BCUT2D eigenvalue weighted by molar-refractivity contribution is 5.71. The third-order valence-corrected chi connectivity index (χ3v) is 7.00. The van der Waals surface area contributed by atoms with Crippen LogP contribution in [0.2, 0.25) is 0 Å². The lowest BCUT2D eigenvalue weighted by Crippen LogP contribution is -2.31. The Hall–Kier alpha value is -4.73. The van der Waals surface area contributed by atoms with Crippen molar-refractivity contribution in [2.75, 3.05) is 20.8 Å². The van der Waals surface area contributed by atoms with Crippen molar-refractivity contribution in [1.29, 1.82) is 0 Å². The Balaban J connectivity index is 1.40. The van der Waals surface area contributed by atoms with Crippen LogP contribution in [-0.2, 0) is 37.5 Å². The second-order valence-corrected chi connectivity index (χ2v) is 10.3. The van der Waals surface area contributed by atoms with E-state index in [0.29, 0.717) is 44.2 Å². The van der Waals surface area contributed by atoms with Crippen molar-refractivity contribution in [3.8, 4) is 17.2 Å². The molecule has 9 heteroatoms. The number of phenolic OH excluding ortho intramolecular Hbond substituents is 1. The molecule has 2 aromatic carbocycles. The van der Waals surface area contributed by atoms with Crippen LogP contribution in [0, 0.1) is 0 Å². The van der Waals surface area contributed by atoms with Crippen molar-refractivity contribution < 1.29 is 24.5 Å². The first kappa shape index (κ1) is 28.8. The molecular weight excluding hydrogens is 532 g/mol. The van der Waals surface area contributed by atoms with Gasteiger partial charge < -0.3 is 19.7 Å². The Kier molecular flexibility index (Phi) is 9.11. The van der Waals surface area contributed by atoms with Gasteiger partial charge in [0.1, 0.15) is 5.75 Å². The molecule has 3 heterocycles. The van der Waals surface area contributed by atoms with Gasteiger partial charge >= 0.3 is 5.97 Å². The fourth-order valence-electron chi connectivity index (χ4n) is 5.08. The third kappa shape index (κ3) is 7.51. The molecule has 0 saturated carbocycles. The third-order valence-electron chi connectivity index (χ3n) is 7.00. The molecule has 0 saturated heterocycles. The Bertz CT molecular complexity index is 1540. The highest BCUT2D eigenvalue weighted by Gasteiger charge is 2.18. The van der Waals surface area contributed by atoms with Crippen molar-refractivity contribution >= 4 is 18.1 Å². The maximum Gasteiger partial charge on any atom is 0.317 e. The zero-order valence-electron chi connectivity index (χ0n) is 23.7. The van der Waals surface area contributed by atoms with E-state index in [9.17, 15) is 15.0 Å². The van der Waals surface area contributed by atoms with Crippen LogP contribution in [0.4, 0.5) is 0 Å². The van der Waals surface area contributed by atoms with Crippen LogP contribution in [0.1, 0.15) is 39.5 Å². The summed E-state index contributed by atoms with van der Waals surface area (Å²) in [5, 5.41) is 20.2. The lowest BCUT2D eigenvalue weighted by atomic mass is 10.1. The number of hydrogen-bond donors (Lipinski definition) is 2. The van der Waals surface area contributed by atoms with Gasteiger partial charge in [0.25, 0.3) is 0 Å². The van der Waals surface area contributed by atoms with E-state index < -0.39 is 5.97 Å². The predicted octanol–water partition coefficient (Wildman–Crippen LogP) is 4.97. The van der Waals surface area contributed by atoms with Crippen LogP contribution < -0.4 is 9.47 Å². The average Bonchev–Trinajstić information content (AvgIpc) is 2.97. The quantitative estimate of drug-likeness (QED) is 0.286. The summed E-state index contributed by atoms with van der Waals surface area (Å²) >= 11 is 0. The molecule has 0 aliphatic carbocycles. The summed E-state index contributed by atoms with van der Waals surface area (Å²) < 4.78 is 10.7. The van der Waals surface area contributed by atoms with Gasteiger partial charge in [0, 0.05) is 38.3 Å². The smallest absolute Gasteiger partial charge is 0.317 e. The van der Waals surface area contributed by atoms with E-state index in [1.165, 1.54) is 0 Å². The number of methoxy groups -OCH3 is 2. The number of carbonyl (C=O) groups is 1. The lowest BCUT2D eigenvalue weighted by Gasteiger charge is -2.25. The number of aromatic hydroxyl groups is 1. The molecule has 2 aromatic heterocycles. The number of carboxylic acid groups (broad SMARTS) is 1. The van der Waals surface area contributed by atoms with Crippen molar-refractivity contribution in [3.05, 3.63) is 112 Å². The number of carboxylic acids is 1. The van der Waals surface area contributed by atoms with Gasteiger partial charge in [-0.25, -0.2) is 0 Å². The number of hydrogen-bond acceptors (Lipinski definition) is 8. The molecular formula is C33H34N4O5. The zero-order chi connectivity index (χ0) is 29.5. The van der Waals surface area contributed by atoms with E-state index in [0.717, 1.165) is 39.5 Å². The van der Waals surface area contributed by atoms with Crippen LogP contribution in [0.25, 0.3) is 12.2 Å². The van der Waals surface area contributed by atoms with Gasteiger partial charge in [-0.15, -0.1) is 0 Å². The molecule has 0 radical (unpaired) electrons. The molecule has 0 unspecified atom stereocenters. The summed E-state index contributed by atoms with van der Waals surface area (Å²) in [6.07, 6.45) is 3.99. The Morgan fingerprint density at radius 1 is 0.762 bits per heavy atom. The molecule has 0 amide bonds. The van der Waals surface area contributed by atoms with Crippen LogP contribution in [-0.4, -0.2) is 56.7 Å². The van der Waals surface area contributed by atoms with E-state index in [-0.39, 0.29) is 12.3 Å². The number of rotatable bonds is 8. The maximum absolute atomic E-state index is 11.5. The van der Waals surface area contributed by atoms with Crippen LogP contribution in [0.5, 0.6) is 17.2 Å². The molecule has 5 rings (SSSR count). The van der Waals surface area contributed by atoms with E-state index in [4.69, 9.17) is 19.4 Å². The molecule has 0 atom stereocenters. The summed E-state index contributed by atoms with van der Waals surface area (Å²) in [6.45, 7) is 2.25. The van der Waals surface area contributed by atoms with Gasteiger partial charge in [0.15, 0.2) is 11.5 Å². The van der Waals surface area contributed by atoms with Crippen LogP contribution in [0.3, 0.4) is 0 Å². The van der Waals surface area contributed by atoms with Crippen molar-refractivity contribution in [1.82, 2.24) is 19.8 Å². The highest BCUT2D eigenvalue weighted by atomic mass is 16.5. The highest BCUT2D eigenvalue weighted by Crippen LogP contribution is 2.29. The Morgan fingerprint density at radius 2 is 1.29 bits per heavy atom. The fraction of sp³-hybridized carbons (Fsp3) is 0.242. The summed E-state index contributed by atoms with van der Waals surface area (Å²) in [5.41, 5.74) is 6.03. The number of aliphatic carboxylic acids is 1. The SMILES string of the molecule is COc1ccc(/C=C/c2ccc(O)c(CN3Cc4cccc(n4)CN(CC(=O)O)Cc4cccc(n4)C3)c2)cc1OC. The van der Waals surface area contributed by atoms with Crippen molar-refractivity contribution in [2.24, 2.45) is 0 Å². The Labute approximate surface area is 245 Å². The standard InChI is InChI=1S/C33H34N4O5/c1-41-31-14-12-24(16-32(31)42-2)10-9-23-11-13-30(38)25(15-23)17-36-18-26-5-3-7-28(34-26)20-37(22-33(39)40)21-29-8-4-6-27(19-36)35-29/h3-16,38H,17-22H2,1-2H3,(H,39,40)/b10-9+. The average molecular weight is 567 g/mol. The molecule has 2 N–H and O–H groups in total. The number of pyridine rings is 2. The fourth-order valence-corrected chi connectivity index (χ4v) is 5.08. The first-order chi connectivity index (χ1) is 20.4. The van der Waals surface area contributed by atoms with Crippen molar-refractivity contribution in [2.45, 2.75) is 32.7 Å². The van der Waals surface area contributed by atoms with Gasteiger partial charge in [-0.1, -0.05) is 36.4 Å². The van der Waals surface area contributed by atoms with E-state index in [1.54, 1.807) is 20.3 Å². The second kappa shape index (κ2) is 13.3. The number of fused-ring (bicyclic) bond motifs is 4. The summed E-state index contributed by atoms with van der Waals surface area (Å²) in [5.74, 6) is 0.662. The lowest BCUT2D eigenvalue weighted by molar-refractivity contribution is -0.138. The van der Waals surface area contributed by atoms with Gasteiger partial charge in [-0.2, -0.15) is 0 Å². The predicted molar refractivity (Wildman–Crippen MR) is 160 cm³/mol. The number of ether oxygens (including phenoxy) is 2. The Morgan fingerprint density at radius 3 is 1.83 bits per heavy atom. The molecule has 4 aromatic rings. The number of aromatic nitrogens is 2. The maximum atomic E-state index is 11.5. The second-order valence-electron chi connectivity index (χ2n) is 10.3. The first-order valence-corrected chi connectivity index (χ1v) is 13.7. The van der Waals surface area contributed by atoms with Crippen LogP contribution in [0.15, 0.2) is 72.8 Å². The molecule has 1 aliphatic heterocycles. The van der Waals surface area contributed by atoms with Gasteiger partial charge in [0.2, 0.25) is 0 Å². The number of nitrogens with zero attached hydrogens (tertiary/aromatic N) is 4.